The van der Waals surface area contributed by atoms with Gasteiger partial charge in [-0.1, -0.05) is 0 Å². The van der Waals surface area contributed by atoms with Crippen LogP contribution in [0.3, 0.4) is 0 Å². The maximum absolute atomic E-state index is 12.1. The molecule has 1 atom stereocenters. The molecule has 2 aromatic rings. The largest absolute Gasteiger partial charge is 0.493 e. The molecule has 0 radical (unpaired) electrons. The zero-order valence-electron chi connectivity index (χ0n) is 12.8. The first-order chi connectivity index (χ1) is 10.6. The minimum Gasteiger partial charge on any atom is -0.493 e. The van der Waals surface area contributed by atoms with E-state index in [0.29, 0.717) is 18.0 Å². The number of methoxy groups -OCH3 is 2. The summed E-state index contributed by atoms with van der Waals surface area (Å²) in [6.07, 6.45) is 1.59. The second-order valence-electron chi connectivity index (χ2n) is 4.57. The summed E-state index contributed by atoms with van der Waals surface area (Å²) in [5.74, 6) is 2.00. The van der Waals surface area contributed by atoms with Crippen LogP contribution in [-0.2, 0) is 11.3 Å². The highest BCUT2D eigenvalue weighted by Gasteiger charge is 2.15. The summed E-state index contributed by atoms with van der Waals surface area (Å²) in [7, 11) is 3.18. The van der Waals surface area contributed by atoms with Gasteiger partial charge in [-0.3, -0.25) is 4.79 Å². The van der Waals surface area contributed by atoms with E-state index in [1.54, 1.807) is 26.5 Å². The highest BCUT2D eigenvalue weighted by molar-refractivity contribution is 8.00. The van der Waals surface area contributed by atoms with Crippen molar-refractivity contribution in [2.75, 3.05) is 14.2 Å². The van der Waals surface area contributed by atoms with Crippen molar-refractivity contribution in [2.45, 2.75) is 23.6 Å². The van der Waals surface area contributed by atoms with E-state index >= 15 is 0 Å². The molecule has 22 heavy (non-hydrogen) atoms. The number of amides is 1. The van der Waals surface area contributed by atoms with Crippen molar-refractivity contribution in [2.24, 2.45) is 0 Å². The summed E-state index contributed by atoms with van der Waals surface area (Å²) >= 11 is 1.46. The summed E-state index contributed by atoms with van der Waals surface area (Å²) < 4.78 is 15.6. The molecule has 5 nitrogen and oxygen atoms in total. The van der Waals surface area contributed by atoms with Crippen molar-refractivity contribution >= 4 is 17.7 Å². The van der Waals surface area contributed by atoms with Gasteiger partial charge in [0.25, 0.3) is 0 Å². The van der Waals surface area contributed by atoms with Crippen molar-refractivity contribution in [3.05, 3.63) is 42.4 Å². The summed E-state index contributed by atoms with van der Waals surface area (Å²) in [6.45, 7) is 2.25. The number of benzene rings is 1. The second kappa shape index (κ2) is 7.79. The Morgan fingerprint density at radius 1 is 1.27 bits per heavy atom. The van der Waals surface area contributed by atoms with Crippen LogP contribution in [0.15, 0.2) is 45.9 Å². The van der Waals surface area contributed by atoms with Crippen LogP contribution in [0, 0.1) is 0 Å². The van der Waals surface area contributed by atoms with Crippen molar-refractivity contribution in [1.29, 1.82) is 0 Å². The predicted molar refractivity (Wildman–Crippen MR) is 85.4 cm³/mol. The maximum Gasteiger partial charge on any atom is 0.233 e. The van der Waals surface area contributed by atoms with Crippen LogP contribution < -0.4 is 14.8 Å². The van der Waals surface area contributed by atoms with E-state index in [4.69, 9.17) is 13.9 Å². The van der Waals surface area contributed by atoms with Crippen LogP contribution in [0.2, 0.25) is 0 Å². The number of thioether (sulfide) groups is 1. The number of rotatable bonds is 7. The summed E-state index contributed by atoms with van der Waals surface area (Å²) in [6, 6.07) is 9.21. The third kappa shape index (κ3) is 4.21. The van der Waals surface area contributed by atoms with Crippen LogP contribution in [-0.4, -0.2) is 25.4 Å². The van der Waals surface area contributed by atoms with E-state index in [2.05, 4.69) is 5.32 Å². The molecule has 1 heterocycles. The Bertz CT molecular complexity index is 613. The third-order valence-corrected chi connectivity index (χ3v) is 4.15. The Morgan fingerprint density at radius 3 is 2.68 bits per heavy atom. The molecule has 1 aromatic heterocycles. The van der Waals surface area contributed by atoms with E-state index in [-0.39, 0.29) is 11.2 Å². The molecule has 118 valence electrons. The van der Waals surface area contributed by atoms with E-state index in [0.717, 1.165) is 10.7 Å². The molecular weight excluding hydrogens is 302 g/mol. The summed E-state index contributed by atoms with van der Waals surface area (Å²) in [4.78, 5) is 13.0. The van der Waals surface area contributed by atoms with Crippen LogP contribution in [0.4, 0.5) is 0 Å². The van der Waals surface area contributed by atoms with Gasteiger partial charge in [0.1, 0.15) is 5.76 Å². The van der Waals surface area contributed by atoms with Gasteiger partial charge in [-0.05, 0) is 37.3 Å². The molecule has 6 heteroatoms. The minimum atomic E-state index is -0.229. The van der Waals surface area contributed by atoms with Crippen LogP contribution in [0.25, 0.3) is 0 Å². The van der Waals surface area contributed by atoms with Gasteiger partial charge in [-0.15, -0.1) is 11.8 Å². The number of hydrogen-bond acceptors (Lipinski definition) is 5. The lowest BCUT2D eigenvalue weighted by Gasteiger charge is -2.13. The van der Waals surface area contributed by atoms with Gasteiger partial charge in [0.05, 0.1) is 32.3 Å². The first-order valence-electron chi connectivity index (χ1n) is 6.83. The van der Waals surface area contributed by atoms with Crippen molar-refractivity contribution in [3.63, 3.8) is 0 Å². The lowest BCUT2D eigenvalue weighted by molar-refractivity contribution is -0.120. The maximum atomic E-state index is 12.1. The number of nitrogens with one attached hydrogen (secondary N) is 1. The molecule has 2 rings (SSSR count). The first kappa shape index (κ1) is 16.3. The highest BCUT2D eigenvalue weighted by atomic mass is 32.2. The SMILES string of the molecule is COc1ccc(S[C@@H](C)C(=O)NCc2ccco2)cc1OC. The Hall–Kier alpha value is -2.08. The van der Waals surface area contributed by atoms with Gasteiger partial charge < -0.3 is 19.2 Å². The lowest BCUT2D eigenvalue weighted by atomic mass is 10.3. The fourth-order valence-electron chi connectivity index (χ4n) is 1.88. The number of carbonyl (C=O) groups excluding carboxylic acids is 1. The van der Waals surface area contributed by atoms with Gasteiger partial charge in [0.15, 0.2) is 11.5 Å². The van der Waals surface area contributed by atoms with Crippen molar-refractivity contribution in [1.82, 2.24) is 5.32 Å². The fourth-order valence-corrected chi connectivity index (χ4v) is 2.80. The average molecular weight is 321 g/mol. The molecule has 0 fully saturated rings. The molecule has 1 amide bonds. The average Bonchev–Trinajstić information content (AvgIpc) is 3.05. The van der Waals surface area contributed by atoms with E-state index in [9.17, 15) is 4.79 Å². The van der Waals surface area contributed by atoms with Gasteiger partial charge >= 0.3 is 0 Å². The van der Waals surface area contributed by atoms with Crippen LogP contribution in [0.5, 0.6) is 11.5 Å². The van der Waals surface area contributed by atoms with Gasteiger partial charge in [0, 0.05) is 4.90 Å². The number of ether oxygens (including phenoxy) is 2. The number of carbonyl (C=O) groups is 1. The molecule has 0 saturated heterocycles. The molecular formula is C16H19NO4S. The Labute approximate surface area is 134 Å². The quantitative estimate of drug-likeness (QED) is 0.794. The molecule has 1 aromatic carbocycles. The Balaban J connectivity index is 1.93. The molecule has 0 aliphatic heterocycles. The normalized spacial score (nSPS) is 11.8. The van der Waals surface area contributed by atoms with Gasteiger partial charge in [-0.2, -0.15) is 0 Å². The van der Waals surface area contributed by atoms with E-state index < -0.39 is 0 Å². The summed E-state index contributed by atoms with van der Waals surface area (Å²) in [5, 5.41) is 2.62. The first-order valence-corrected chi connectivity index (χ1v) is 7.70. The smallest absolute Gasteiger partial charge is 0.233 e. The monoisotopic (exact) mass is 321 g/mol. The molecule has 0 unspecified atom stereocenters. The lowest BCUT2D eigenvalue weighted by Crippen LogP contribution is -2.30. The van der Waals surface area contributed by atoms with Crippen LogP contribution >= 0.6 is 11.8 Å². The molecule has 0 bridgehead atoms. The van der Waals surface area contributed by atoms with Crippen LogP contribution in [0.1, 0.15) is 12.7 Å². The van der Waals surface area contributed by atoms with Crippen molar-refractivity contribution < 1.29 is 18.7 Å². The highest BCUT2D eigenvalue weighted by Crippen LogP contribution is 2.33. The zero-order chi connectivity index (χ0) is 15.9. The van der Waals surface area contributed by atoms with E-state index in [1.807, 2.05) is 31.2 Å². The minimum absolute atomic E-state index is 0.0452. The molecule has 0 aliphatic rings. The van der Waals surface area contributed by atoms with Gasteiger partial charge in [0.2, 0.25) is 5.91 Å². The summed E-state index contributed by atoms with van der Waals surface area (Å²) in [5.41, 5.74) is 0. The number of furan rings is 1. The van der Waals surface area contributed by atoms with Crippen molar-refractivity contribution in [3.8, 4) is 11.5 Å². The molecule has 0 aliphatic carbocycles. The second-order valence-corrected chi connectivity index (χ2v) is 5.99. The zero-order valence-corrected chi connectivity index (χ0v) is 13.6. The topological polar surface area (TPSA) is 60.7 Å². The molecule has 0 saturated carbocycles. The molecule has 0 spiro atoms. The third-order valence-electron chi connectivity index (χ3n) is 3.05. The Kier molecular flexibility index (Phi) is 5.77. The van der Waals surface area contributed by atoms with Gasteiger partial charge in [-0.25, -0.2) is 0 Å². The standard InChI is InChI=1S/C16H19NO4S/c1-11(16(18)17-10-12-5-4-8-21-12)22-13-6-7-14(19-2)15(9-13)20-3/h4-9,11H,10H2,1-3H3,(H,17,18)/t11-/m0/s1. The Morgan fingerprint density at radius 2 is 2.05 bits per heavy atom. The molecule has 1 N–H and O–H groups in total. The van der Waals surface area contributed by atoms with E-state index in [1.165, 1.54) is 11.8 Å². The predicted octanol–water partition coefficient (Wildman–Crippen LogP) is 3.09. The fraction of sp³-hybridized carbons (Fsp3) is 0.312. The number of hydrogen-bond donors (Lipinski definition) is 1.